The van der Waals surface area contributed by atoms with E-state index in [1.807, 2.05) is 37.2 Å². The normalized spacial score (nSPS) is 15.6. The van der Waals surface area contributed by atoms with Gasteiger partial charge in [-0.05, 0) is 32.9 Å². The lowest BCUT2D eigenvalue weighted by atomic mass is 10.1. The first-order valence-corrected chi connectivity index (χ1v) is 7.83. The molecule has 1 fully saturated rings. The first-order chi connectivity index (χ1) is 10.9. The summed E-state index contributed by atoms with van der Waals surface area (Å²) in [7, 11) is 0. The molecule has 0 radical (unpaired) electrons. The molecule has 1 aliphatic rings. The van der Waals surface area contributed by atoms with Gasteiger partial charge in [-0.2, -0.15) is 5.12 Å². The van der Waals surface area contributed by atoms with Gasteiger partial charge in [0.05, 0.1) is 17.7 Å². The number of hydrogen-bond acceptors (Lipinski definition) is 5. The Morgan fingerprint density at radius 2 is 2.17 bits per heavy atom. The highest BCUT2D eigenvalue weighted by atomic mass is 16.4. The van der Waals surface area contributed by atoms with Crippen LogP contribution in [0.2, 0.25) is 0 Å². The molecule has 1 aliphatic heterocycles. The number of carbonyl (C=O) groups is 2. The lowest BCUT2D eigenvalue weighted by Crippen LogP contribution is -2.56. The molecule has 1 aromatic rings. The first kappa shape index (κ1) is 17.2. The highest BCUT2D eigenvalue weighted by Gasteiger charge is 2.25. The predicted molar refractivity (Wildman–Crippen MR) is 87.9 cm³/mol. The number of benzene rings is 1. The Labute approximate surface area is 136 Å². The summed E-state index contributed by atoms with van der Waals surface area (Å²) < 4.78 is 0. The van der Waals surface area contributed by atoms with Crippen molar-refractivity contribution in [3.8, 4) is 0 Å². The van der Waals surface area contributed by atoms with Crippen molar-refractivity contribution >= 4 is 17.6 Å². The molecule has 3 N–H and O–H groups in total. The molecule has 7 heteroatoms. The van der Waals surface area contributed by atoms with Crippen LogP contribution in [-0.4, -0.2) is 52.7 Å². The topological polar surface area (TPSA) is 84.9 Å². The Morgan fingerprint density at radius 1 is 1.48 bits per heavy atom. The molecule has 0 aliphatic carbocycles. The average Bonchev–Trinajstić information content (AvgIpc) is 2.43. The van der Waals surface area contributed by atoms with Crippen LogP contribution >= 0.6 is 0 Å². The lowest BCUT2D eigenvalue weighted by Gasteiger charge is -2.34. The van der Waals surface area contributed by atoms with Gasteiger partial charge in [-0.25, -0.2) is 5.43 Å². The number of carboxylic acids is 1. The number of rotatable bonds is 7. The minimum absolute atomic E-state index is 0.0676. The first-order valence-electron chi connectivity index (χ1n) is 7.83. The van der Waals surface area contributed by atoms with Crippen molar-refractivity contribution in [1.29, 1.82) is 0 Å². The van der Waals surface area contributed by atoms with E-state index in [0.717, 1.165) is 18.7 Å². The van der Waals surface area contributed by atoms with Crippen LogP contribution in [0.1, 0.15) is 36.2 Å². The van der Waals surface area contributed by atoms with Crippen molar-refractivity contribution in [2.45, 2.75) is 33.2 Å². The van der Waals surface area contributed by atoms with E-state index in [4.69, 9.17) is 5.11 Å². The zero-order valence-electron chi connectivity index (χ0n) is 13.8. The molecular weight excluding hydrogens is 296 g/mol. The van der Waals surface area contributed by atoms with Gasteiger partial charge in [0.1, 0.15) is 0 Å². The molecule has 1 saturated heterocycles. The maximum Gasteiger partial charge on any atom is 0.305 e. The molecule has 1 amide bonds. The Hall–Kier alpha value is -2.12. The number of nitrogens with zero attached hydrogens (tertiary/aromatic N) is 2. The molecular formula is C16H24N4O3. The molecule has 2 rings (SSSR count). The number of aryl methyl sites for hydroxylation is 1. The number of hydrazine groups is 2. The van der Waals surface area contributed by atoms with Gasteiger partial charge in [-0.15, -0.1) is 0 Å². The Kier molecular flexibility index (Phi) is 5.57. The van der Waals surface area contributed by atoms with Crippen LogP contribution in [0.5, 0.6) is 0 Å². The smallest absolute Gasteiger partial charge is 0.305 e. The summed E-state index contributed by atoms with van der Waals surface area (Å²) in [6.07, 6.45) is -0.0676. The van der Waals surface area contributed by atoms with Gasteiger partial charge in [0.15, 0.2) is 0 Å². The largest absolute Gasteiger partial charge is 0.481 e. The Bertz CT molecular complexity index is 587. The second kappa shape index (κ2) is 7.43. The fourth-order valence-corrected chi connectivity index (χ4v) is 2.57. The number of carboxylic acid groups (broad SMARTS) is 1. The van der Waals surface area contributed by atoms with Gasteiger partial charge < -0.3 is 15.4 Å². The zero-order chi connectivity index (χ0) is 17.0. The van der Waals surface area contributed by atoms with Crippen molar-refractivity contribution in [2.75, 3.05) is 25.1 Å². The molecule has 0 unspecified atom stereocenters. The minimum atomic E-state index is -0.906. The van der Waals surface area contributed by atoms with E-state index in [1.165, 1.54) is 0 Å². The fourth-order valence-electron chi connectivity index (χ4n) is 2.57. The quantitative estimate of drug-likeness (QED) is 0.705. The van der Waals surface area contributed by atoms with Crippen LogP contribution in [0.15, 0.2) is 18.2 Å². The predicted octanol–water partition coefficient (Wildman–Crippen LogP) is 1.47. The van der Waals surface area contributed by atoms with Crippen molar-refractivity contribution in [3.05, 3.63) is 29.3 Å². The van der Waals surface area contributed by atoms with Crippen LogP contribution in [0.4, 0.5) is 5.69 Å². The molecule has 7 nitrogen and oxygen atoms in total. The molecule has 0 bridgehead atoms. The molecule has 0 aromatic heterocycles. The molecule has 126 valence electrons. The van der Waals surface area contributed by atoms with Gasteiger partial charge in [0, 0.05) is 25.7 Å². The highest BCUT2D eigenvalue weighted by Crippen LogP contribution is 2.22. The van der Waals surface area contributed by atoms with Crippen LogP contribution in [0.3, 0.4) is 0 Å². The van der Waals surface area contributed by atoms with Crippen molar-refractivity contribution in [1.82, 2.24) is 15.4 Å². The Morgan fingerprint density at radius 3 is 2.70 bits per heavy atom. The molecule has 1 heterocycles. The summed E-state index contributed by atoms with van der Waals surface area (Å²) in [5.74, 6) is -1.07. The summed E-state index contributed by atoms with van der Waals surface area (Å²) >= 11 is 0. The van der Waals surface area contributed by atoms with E-state index in [1.54, 1.807) is 11.8 Å². The summed E-state index contributed by atoms with van der Waals surface area (Å²) in [5, 5.41) is 10.8. The summed E-state index contributed by atoms with van der Waals surface area (Å²) in [5.41, 5.74) is 8.51. The molecule has 0 spiro atoms. The van der Waals surface area contributed by atoms with Gasteiger partial charge in [0.25, 0.3) is 5.91 Å². The molecule has 23 heavy (non-hydrogen) atoms. The number of hydrogen-bond donors (Lipinski definition) is 3. The van der Waals surface area contributed by atoms with E-state index >= 15 is 0 Å². The summed E-state index contributed by atoms with van der Waals surface area (Å²) in [6.45, 7) is 7.76. The SMILES string of the molecule is CCN(C(=O)c1cc(C)ccc1NN1CCN1)[C@@H](C)CC(=O)O. The molecule has 0 saturated carbocycles. The summed E-state index contributed by atoms with van der Waals surface area (Å²) in [6, 6.07) is 5.29. The second-order valence-electron chi connectivity index (χ2n) is 5.76. The standard InChI is InChI=1S/C16H24N4O3/c1-4-19(12(3)10-15(21)22)16(23)13-9-11(2)5-6-14(13)18-20-8-7-17-20/h5-6,9,12,17-18H,4,7-8,10H2,1-3H3,(H,21,22)/t12-/m0/s1. The second-order valence-corrected chi connectivity index (χ2v) is 5.76. The average molecular weight is 320 g/mol. The molecule has 1 atom stereocenters. The van der Waals surface area contributed by atoms with Crippen molar-refractivity contribution in [2.24, 2.45) is 0 Å². The third kappa shape index (κ3) is 4.20. The highest BCUT2D eigenvalue weighted by molar-refractivity contribution is 6.00. The number of carbonyl (C=O) groups excluding carboxylic acids is 1. The zero-order valence-corrected chi connectivity index (χ0v) is 13.8. The summed E-state index contributed by atoms with van der Waals surface area (Å²) in [4.78, 5) is 25.4. The fraction of sp³-hybridized carbons (Fsp3) is 0.500. The van der Waals surface area contributed by atoms with Gasteiger partial charge in [-0.3, -0.25) is 9.59 Å². The van der Waals surface area contributed by atoms with E-state index in [9.17, 15) is 9.59 Å². The van der Waals surface area contributed by atoms with E-state index in [-0.39, 0.29) is 18.4 Å². The maximum absolute atomic E-state index is 12.9. The lowest BCUT2D eigenvalue weighted by molar-refractivity contribution is -0.138. The third-order valence-electron chi connectivity index (χ3n) is 3.90. The number of anilines is 1. The van der Waals surface area contributed by atoms with Crippen molar-refractivity contribution in [3.63, 3.8) is 0 Å². The van der Waals surface area contributed by atoms with E-state index < -0.39 is 5.97 Å². The van der Waals surface area contributed by atoms with E-state index in [0.29, 0.717) is 17.8 Å². The van der Waals surface area contributed by atoms with Crippen LogP contribution < -0.4 is 10.9 Å². The van der Waals surface area contributed by atoms with Crippen LogP contribution in [-0.2, 0) is 4.79 Å². The van der Waals surface area contributed by atoms with Crippen LogP contribution in [0.25, 0.3) is 0 Å². The van der Waals surface area contributed by atoms with Gasteiger partial charge in [0.2, 0.25) is 0 Å². The monoisotopic (exact) mass is 320 g/mol. The maximum atomic E-state index is 12.9. The van der Waals surface area contributed by atoms with Crippen molar-refractivity contribution < 1.29 is 14.7 Å². The third-order valence-corrected chi connectivity index (χ3v) is 3.90. The molecule has 1 aromatic carbocycles. The van der Waals surface area contributed by atoms with Gasteiger partial charge in [-0.1, -0.05) is 11.6 Å². The number of aliphatic carboxylic acids is 1. The number of amides is 1. The van der Waals surface area contributed by atoms with E-state index in [2.05, 4.69) is 10.9 Å². The van der Waals surface area contributed by atoms with Crippen LogP contribution in [0, 0.1) is 6.92 Å². The Balaban J connectivity index is 2.24. The minimum Gasteiger partial charge on any atom is -0.481 e. The van der Waals surface area contributed by atoms with Gasteiger partial charge >= 0.3 is 5.97 Å². The number of nitrogens with one attached hydrogen (secondary N) is 2.